The van der Waals surface area contributed by atoms with Gasteiger partial charge in [-0.15, -0.1) is 0 Å². The summed E-state index contributed by atoms with van der Waals surface area (Å²) in [5, 5.41) is 2.79. The van der Waals surface area contributed by atoms with Crippen LogP contribution in [0.15, 0.2) is 40.8 Å². The van der Waals surface area contributed by atoms with Gasteiger partial charge in [0, 0.05) is 12.5 Å². The van der Waals surface area contributed by atoms with E-state index < -0.39 is 12.1 Å². The van der Waals surface area contributed by atoms with E-state index >= 15 is 0 Å². The standard InChI is InChI=1S/C19H20FNO4/c1-12(19(23)21-13-6-7-13)24-18(22)11-9-14-8-10-17(25-14)15-4-2-3-5-16(15)20/h2-5,8,10,12-13H,6-7,9,11H2,1H3,(H,21,23). The molecular weight excluding hydrogens is 325 g/mol. The maximum atomic E-state index is 13.7. The quantitative estimate of drug-likeness (QED) is 0.782. The van der Waals surface area contributed by atoms with E-state index in [1.807, 2.05) is 0 Å². The fraction of sp³-hybridized carbons (Fsp3) is 0.368. The number of furan rings is 1. The number of hydrogen-bond donors (Lipinski definition) is 1. The number of hydrogen-bond acceptors (Lipinski definition) is 4. The SMILES string of the molecule is CC(OC(=O)CCc1ccc(-c2ccccc2F)o1)C(=O)NC1CC1. The molecule has 25 heavy (non-hydrogen) atoms. The van der Waals surface area contributed by atoms with Crippen LogP contribution in [0.3, 0.4) is 0 Å². The normalized spacial score (nSPS) is 14.8. The molecule has 1 aromatic carbocycles. The number of carbonyl (C=O) groups excluding carboxylic acids is 2. The largest absolute Gasteiger partial charge is 0.461 e. The van der Waals surface area contributed by atoms with Crippen LogP contribution in [0, 0.1) is 5.82 Å². The molecule has 1 heterocycles. The van der Waals surface area contributed by atoms with Crippen LogP contribution in [-0.4, -0.2) is 24.0 Å². The third kappa shape index (κ3) is 4.68. The summed E-state index contributed by atoms with van der Waals surface area (Å²) < 4.78 is 24.4. The Hall–Kier alpha value is -2.63. The summed E-state index contributed by atoms with van der Waals surface area (Å²) in [6.07, 6.45) is 1.57. The second kappa shape index (κ2) is 7.51. The smallest absolute Gasteiger partial charge is 0.307 e. The average molecular weight is 345 g/mol. The Kier molecular flexibility index (Phi) is 5.16. The monoisotopic (exact) mass is 345 g/mol. The van der Waals surface area contributed by atoms with Crippen molar-refractivity contribution in [3.63, 3.8) is 0 Å². The Balaban J connectivity index is 1.49. The summed E-state index contributed by atoms with van der Waals surface area (Å²) in [5.74, 6) is -0.125. The van der Waals surface area contributed by atoms with Crippen molar-refractivity contribution >= 4 is 11.9 Å². The molecule has 1 aliphatic carbocycles. The predicted octanol–water partition coefficient (Wildman–Crippen LogP) is 3.23. The van der Waals surface area contributed by atoms with E-state index in [0.717, 1.165) is 12.8 Å². The van der Waals surface area contributed by atoms with Crippen LogP contribution in [0.4, 0.5) is 4.39 Å². The van der Waals surface area contributed by atoms with E-state index in [0.29, 0.717) is 23.5 Å². The van der Waals surface area contributed by atoms with E-state index in [9.17, 15) is 14.0 Å². The number of ether oxygens (including phenoxy) is 1. The molecule has 1 unspecified atom stereocenters. The minimum absolute atomic E-state index is 0.0886. The van der Waals surface area contributed by atoms with E-state index in [-0.39, 0.29) is 24.2 Å². The number of carbonyl (C=O) groups is 2. The van der Waals surface area contributed by atoms with Crippen LogP contribution in [0.25, 0.3) is 11.3 Å². The highest BCUT2D eigenvalue weighted by Gasteiger charge is 2.27. The Morgan fingerprint density at radius 2 is 2.04 bits per heavy atom. The van der Waals surface area contributed by atoms with Crippen LogP contribution < -0.4 is 5.32 Å². The summed E-state index contributed by atoms with van der Waals surface area (Å²) in [6, 6.07) is 9.94. The molecule has 0 saturated heterocycles. The number of amides is 1. The van der Waals surface area contributed by atoms with Gasteiger partial charge in [0.05, 0.1) is 12.0 Å². The number of aryl methyl sites for hydroxylation is 1. The highest BCUT2D eigenvalue weighted by Crippen LogP contribution is 2.25. The molecule has 132 valence electrons. The summed E-state index contributed by atoms with van der Waals surface area (Å²) in [5.41, 5.74) is 0.377. The Labute approximate surface area is 145 Å². The van der Waals surface area contributed by atoms with Crippen molar-refractivity contribution in [1.29, 1.82) is 0 Å². The molecule has 0 aliphatic heterocycles. The van der Waals surface area contributed by atoms with Crippen molar-refractivity contribution in [3.8, 4) is 11.3 Å². The van der Waals surface area contributed by atoms with Gasteiger partial charge in [-0.2, -0.15) is 0 Å². The maximum Gasteiger partial charge on any atom is 0.307 e. The molecule has 1 N–H and O–H groups in total. The predicted molar refractivity (Wildman–Crippen MR) is 89.1 cm³/mol. The number of halogens is 1. The van der Waals surface area contributed by atoms with Crippen molar-refractivity contribution in [3.05, 3.63) is 48.0 Å². The van der Waals surface area contributed by atoms with Crippen molar-refractivity contribution in [1.82, 2.24) is 5.32 Å². The number of benzene rings is 1. The van der Waals surface area contributed by atoms with E-state index in [1.54, 1.807) is 37.3 Å². The number of esters is 1. The molecular formula is C19H20FNO4. The van der Waals surface area contributed by atoms with Crippen molar-refractivity contribution in [2.75, 3.05) is 0 Å². The zero-order valence-corrected chi connectivity index (χ0v) is 14.0. The molecule has 3 rings (SSSR count). The lowest BCUT2D eigenvalue weighted by Crippen LogP contribution is -2.37. The third-order valence-electron chi connectivity index (χ3n) is 3.98. The van der Waals surface area contributed by atoms with Crippen LogP contribution in [0.5, 0.6) is 0 Å². The second-order valence-corrected chi connectivity index (χ2v) is 6.16. The summed E-state index contributed by atoms with van der Waals surface area (Å²) in [4.78, 5) is 23.6. The average Bonchev–Trinajstić information content (AvgIpc) is 3.28. The van der Waals surface area contributed by atoms with Gasteiger partial charge in [0.1, 0.15) is 17.3 Å². The van der Waals surface area contributed by atoms with Crippen molar-refractivity contribution in [2.45, 2.75) is 44.8 Å². The van der Waals surface area contributed by atoms with Gasteiger partial charge in [0.2, 0.25) is 0 Å². The molecule has 1 amide bonds. The molecule has 6 heteroatoms. The minimum atomic E-state index is -0.807. The number of rotatable bonds is 7. The van der Waals surface area contributed by atoms with Gasteiger partial charge in [-0.1, -0.05) is 12.1 Å². The first-order valence-corrected chi connectivity index (χ1v) is 8.36. The van der Waals surface area contributed by atoms with Crippen LogP contribution in [-0.2, 0) is 20.7 Å². The highest BCUT2D eigenvalue weighted by molar-refractivity contribution is 5.83. The Morgan fingerprint density at radius 3 is 2.76 bits per heavy atom. The van der Waals surface area contributed by atoms with E-state index in [4.69, 9.17) is 9.15 Å². The summed E-state index contributed by atoms with van der Waals surface area (Å²) in [7, 11) is 0. The lowest BCUT2D eigenvalue weighted by atomic mass is 10.1. The molecule has 0 radical (unpaired) electrons. The lowest BCUT2D eigenvalue weighted by Gasteiger charge is -2.12. The van der Waals surface area contributed by atoms with E-state index in [2.05, 4.69) is 5.32 Å². The molecule has 0 bridgehead atoms. The molecule has 1 saturated carbocycles. The first-order chi connectivity index (χ1) is 12.0. The van der Waals surface area contributed by atoms with Gasteiger partial charge in [-0.25, -0.2) is 4.39 Å². The number of nitrogens with one attached hydrogen (secondary N) is 1. The second-order valence-electron chi connectivity index (χ2n) is 6.16. The molecule has 0 spiro atoms. The van der Waals surface area contributed by atoms with Crippen LogP contribution in [0.2, 0.25) is 0 Å². The Morgan fingerprint density at radius 1 is 1.28 bits per heavy atom. The minimum Gasteiger partial charge on any atom is -0.461 e. The molecule has 1 aliphatic rings. The zero-order valence-electron chi connectivity index (χ0n) is 14.0. The highest BCUT2D eigenvalue weighted by atomic mass is 19.1. The van der Waals surface area contributed by atoms with Gasteiger partial charge in [0.15, 0.2) is 6.10 Å². The fourth-order valence-corrected chi connectivity index (χ4v) is 2.40. The first-order valence-electron chi connectivity index (χ1n) is 8.36. The zero-order chi connectivity index (χ0) is 17.8. The molecule has 5 nitrogen and oxygen atoms in total. The summed E-state index contributed by atoms with van der Waals surface area (Å²) >= 11 is 0. The van der Waals surface area contributed by atoms with Gasteiger partial charge in [-0.3, -0.25) is 9.59 Å². The van der Waals surface area contributed by atoms with Gasteiger partial charge >= 0.3 is 5.97 Å². The Bertz CT molecular complexity index is 766. The van der Waals surface area contributed by atoms with Gasteiger partial charge in [0.25, 0.3) is 5.91 Å². The molecule has 2 aromatic rings. The fourth-order valence-electron chi connectivity index (χ4n) is 2.40. The lowest BCUT2D eigenvalue weighted by molar-refractivity contribution is -0.154. The molecule has 1 fully saturated rings. The first kappa shape index (κ1) is 17.2. The van der Waals surface area contributed by atoms with Gasteiger partial charge < -0.3 is 14.5 Å². The third-order valence-corrected chi connectivity index (χ3v) is 3.98. The maximum absolute atomic E-state index is 13.7. The summed E-state index contributed by atoms with van der Waals surface area (Å²) in [6.45, 7) is 1.55. The topological polar surface area (TPSA) is 68.5 Å². The van der Waals surface area contributed by atoms with Crippen molar-refractivity contribution < 1.29 is 23.1 Å². The molecule has 1 aromatic heterocycles. The van der Waals surface area contributed by atoms with Crippen LogP contribution in [0.1, 0.15) is 31.9 Å². The van der Waals surface area contributed by atoms with Crippen LogP contribution >= 0.6 is 0 Å². The van der Waals surface area contributed by atoms with Crippen molar-refractivity contribution in [2.24, 2.45) is 0 Å². The molecule has 1 atom stereocenters. The van der Waals surface area contributed by atoms with Gasteiger partial charge in [-0.05, 0) is 44.0 Å². The van der Waals surface area contributed by atoms with E-state index in [1.165, 1.54) is 6.07 Å².